The summed E-state index contributed by atoms with van der Waals surface area (Å²) in [6, 6.07) is 17.0. The van der Waals surface area contributed by atoms with E-state index in [2.05, 4.69) is 15.6 Å². The second-order valence-electron chi connectivity index (χ2n) is 5.39. The minimum absolute atomic E-state index is 0.286. The summed E-state index contributed by atoms with van der Waals surface area (Å²) in [5.74, 6) is -0.693. The lowest BCUT2D eigenvalue weighted by Gasteiger charge is -2.08. The molecule has 1 heterocycles. The van der Waals surface area contributed by atoms with Crippen LogP contribution in [0.1, 0.15) is 16.1 Å². The summed E-state index contributed by atoms with van der Waals surface area (Å²) in [6.45, 7) is 2.02. The Labute approximate surface area is 139 Å². The van der Waals surface area contributed by atoms with Gasteiger partial charge in [0.1, 0.15) is 11.5 Å². The minimum atomic E-state index is -0.349. The number of carbonyl (C=O) groups is 1. The zero-order chi connectivity index (χ0) is 16.9. The number of hydrogen-bond acceptors (Lipinski definition) is 3. The number of nitrogens with one attached hydrogen (secondary N) is 2. The molecule has 0 aliphatic heterocycles. The van der Waals surface area contributed by atoms with E-state index in [-0.39, 0.29) is 17.4 Å². The van der Waals surface area contributed by atoms with Crippen molar-refractivity contribution in [2.45, 2.75) is 6.92 Å². The molecule has 0 aliphatic rings. The van der Waals surface area contributed by atoms with Crippen molar-refractivity contribution < 1.29 is 9.18 Å². The molecule has 0 saturated heterocycles. The topological polar surface area (TPSA) is 54.0 Å². The molecule has 0 fully saturated rings. The summed E-state index contributed by atoms with van der Waals surface area (Å²) in [6.07, 6.45) is 1.60. The summed E-state index contributed by atoms with van der Waals surface area (Å²) < 4.78 is 12.9. The first-order valence-corrected chi connectivity index (χ1v) is 7.47. The van der Waals surface area contributed by atoms with Crippen molar-refractivity contribution in [1.82, 2.24) is 4.98 Å². The van der Waals surface area contributed by atoms with E-state index in [1.54, 1.807) is 18.3 Å². The zero-order valence-electron chi connectivity index (χ0n) is 13.1. The van der Waals surface area contributed by atoms with E-state index in [9.17, 15) is 9.18 Å². The number of benzene rings is 2. The highest BCUT2D eigenvalue weighted by molar-refractivity contribution is 6.02. The number of anilines is 3. The average molecular weight is 321 g/mol. The third-order valence-corrected chi connectivity index (χ3v) is 3.40. The van der Waals surface area contributed by atoms with Crippen LogP contribution in [-0.2, 0) is 0 Å². The van der Waals surface area contributed by atoms with Gasteiger partial charge in [-0.2, -0.15) is 0 Å². The van der Waals surface area contributed by atoms with Crippen molar-refractivity contribution >= 4 is 23.0 Å². The number of hydrogen-bond donors (Lipinski definition) is 2. The van der Waals surface area contributed by atoms with Crippen molar-refractivity contribution in [3.8, 4) is 0 Å². The van der Waals surface area contributed by atoms with Crippen molar-refractivity contribution in [3.05, 3.63) is 83.9 Å². The van der Waals surface area contributed by atoms with E-state index in [1.807, 2.05) is 31.2 Å². The van der Waals surface area contributed by atoms with Crippen LogP contribution in [0.2, 0.25) is 0 Å². The molecule has 1 amide bonds. The molecule has 0 spiro atoms. The number of halogens is 1. The molecule has 1 aromatic heterocycles. The van der Waals surface area contributed by atoms with Gasteiger partial charge < -0.3 is 10.6 Å². The molecule has 2 aromatic carbocycles. The lowest BCUT2D eigenvalue weighted by molar-refractivity contribution is 0.102. The maximum absolute atomic E-state index is 12.9. The van der Waals surface area contributed by atoms with Crippen LogP contribution in [0.5, 0.6) is 0 Å². The van der Waals surface area contributed by atoms with Crippen LogP contribution in [0, 0.1) is 12.7 Å². The first-order valence-electron chi connectivity index (χ1n) is 7.47. The maximum Gasteiger partial charge on any atom is 0.274 e. The molecule has 0 unspecified atom stereocenters. The van der Waals surface area contributed by atoms with Crippen LogP contribution in [0.25, 0.3) is 0 Å². The van der Waals surface area contributed by atoms with E-state index < -0.39 is 0 Å². The van der Waals surface area contributed by atoms with Gasteiger partial charge >= 0.3 is 0 Å². The van der Waals surface area contributed by atoms with Crippen molar-refractivity contribution in [2.75, 3.05) is 10.6 Å². The van der Waals surface area contributed by atoms with Crippen LogP contribution in [0.4, 0.5) is 21.5 Å². The molecule has 3 aromatic rings. The Hall–Kier alpha value is -3.21. The van der Waals surface area contributed by atoms with E-state index in [4.69, 9.17) is 0 Å². The molecule has 5 heteroatoms. The molecule has 24 heavy (non-hydrogen) atoms. The Balaban J connectivity index is 1.67. The molecule has 120 valence electrons. The van der Waals surface area contributed by atoms with Crippen LogP contribution in [0.15, 0.2) is 66.9 Å². The highest BCUT2D eigenvalue weighted by atomic mass is 19.1. The Morgan fingerprint density at radius 1 is 0.958 bits per heavy atom. The summed E-state index contributed by atoms with van der Waals surface area (Å²) in [5, 5.41) is 5.90. The van der Waals surface area contributed by atoms with Crippen LogP contribution >= 0.6 is 0 Å². The van der Waals surface area contributed by atoms with E-state index >= 15 is 0 Å². The van der Waals surface area contributed by atoms with Gasteiger partial charge in [0.05, 0.1) is 11.9 Å². The molecule has 4 nitrogen and oxygen atoms in total. The van der Waals surface area contributed by atoms with E-state index in [0.29, 0.717) is 5.69 Å². The van der Waals surface area contributed by atoms with E-state index in [0.717, 1.165) is 16.9 Å². The van der Waals surface area contributed by atoms with Crippen molar-refractivity contribution in [1.29, 1.82) is 0 Å². The van der Waals surface area contributed by atoms with Gasteiger partial charge in [0.2, 0.25) is 0 Å². The Bertz CT molecular complexity index is 845. The van der Waals surface area contributed by atoms with Crippen LogP contribution in [0.3, 0.4) is 0 Å². The zero-order valence-corrected chi connectivity index (χ0v) is 13.1. The largest absolute Gasteiger partial charge is 0.354 e. The lowest BCUT2D eigenvalue weighted by Crippen LogP contribution is -2.13. The summed E-state index contributed by atoms with van der Waals surface area (Å²) in [7, 11) is 0. The second-order valence-corrected chi connectivity index (χ2v) is 5.39. The van der Waals surface area contributed by atoms with Gasteiger partial charge in [0.25, 0.3) is 5.91 Å². The Morgan fingerprint density at radius 3 is 2.38 bits per heavy atom. The predicted molar refractivity (Wildman–Crippen MR) is 93.1 cm³/mol. The van der Waals surface area contributed by atoms with Gasteiger partial charge in [0, 0.05) is 11.4 Å². The second kappa shape index (κ2) is 6.91. The van der Waals surface area contributed by atoms with Crippen LogP contribution in [-0.4, -0.2) is 10.9 Å². The number of aryl methyl sites for hydroxylation is 1. The fourth-order valence-corrected chi connectivity index (χ4v) is 2.22. The smallest absolute Gasteiger partial charge is 0.274 e. The van der Waals surface area contributed by atoms with Crippen molar-refractivity contribution in [2.24, 2.45) is 0 Å². The fourth-order valence-electron chi connectivity index (χ4n) is 2.22. The number of rotatable bonds is 4. The normalized spacial score (nSPS) is 10.2. The Morgan fingerprint density at radius 2 is 1.71 bits per heavy atom. The summed E-state index contributed by atoms with van der Waals surface area (Å²) in [5.41, 5.74) is 3.71. The molecule has 0 aliphatic carbocycles. The van der Waals surface area contributed by atoms with Gasteiger partial charge in [-0.3, -0.25) is 4.79 Å². The molecule has 0 radical (unpaired) electrons. The van der Waals surface area contributed by atoms with Gasteiger partial charge in [0.15, 0.2) is 0 Å². The monoisotopic (exact) mass is 321 g/mol. The molecule has 3 rings (SSSR count). The number of amides is 1. The lowest BCUT2D eigenvalue weighted by atomic mass is 10.2. The van der Waals surface area contributed by atoms with Gasteiger partial charge in [-0.25, -0.2) is 9.37 Å². The Kier molecular flexibility index (Phi) is 4.52. The molecule has 0 saturated carbocycles. The molecule has 2 N–H and O–H groups in total. The standard InChI is InChI=1S/C19H16FN3O/c1-13-3-2-4-16(11-13)22-17-9-10-18(21-12-17)19(24)23-15-7-5-14(20)6-8-15/h2-12,22H,1H3,(H,23,24). The number of aromatic nitrogens is 1. The predicted octanol–water partition coefficient (Wildman–Crippen LogP) is 4.53. The van der Waals surface area contributed by atoms with Crippen molar-refractivity contribution in [3.63, 3.8) is 0 Å². The van der Waals surface area contributed by atoms with Gasteiger partial charge in [-0.15, -0.1) is 0 Å². The quantitative estimate of drug-likeness (QED) is 0.742. The van der Waals surface area contributed by atoms with E-state index in [1.165, 1.54) is 24.3 Å². The average Bonchev–Trinajstić information content (AvgIpc) is 2.57. The minimum Gasteiger partial charge on any atom is -0.354 e. The third kappa shape index (κ3) is 3.95. The summed E-state index contributed by atoms with van der Waals surface area (Å²) in [4.78, 5) is 16.3. The number of carbonyl (C=O) groups excluding carboxylic acids is 1. The van der Waals surface area contributed by atoms with Gasteiger partial charge in [-0.1, -0.05) is 12.1 Å². The van der Waals surface area contributed by atoms with Crippen LogP contribution < -0.4 is 10.6 Å². The maximum atomic E-state index is 12.9. The molecular weight excluding hydrogens is 305 g/mol. The highest BCUT2D eigenvalue weighted by Gasteiger charge is 2.08. The molecule has 0 atom stereocenters. The third-order valence-electron chi connectivity index (χ3n) is 3.40. The number of nitrogens with zero attached hydrogens (tertiary/aromatic N) is 1. The fraction of sp³-hybridized carbons (Fsp3) is 0.0526. The molecular formula is C19H16FN3O. The SMILES string of the molecule is Cc1cccc(Nc2ccc(C(=O)Nc3ccc(F)cc3)nc2)c1. The first kappa shape index (κ1) is 15.7. The van der Waals surface area contributed by atoms with Gasteiger partial charge in [-0.05, 0) is 61.0 Å². The molecule has 0 bridgehead atoms. The number of pyridine rings is 1. The first-order chi connectivity index (χ1) is 11.6. The highest BCUT2D eigenvalue weighted by Crippen LogP contribution is 2.17. The summed E-state index contributed by atoms with van der Waals surface area (Å²) >= 11 is 0.